The Hall–Kier alpha value is -2.64. The van der Waals surface area contributed by atoms with Gasteiger partial charge in [0.15, 0.2) is 0 Å². The highest BCUT2D eigenvalue weighted by molar-refractivity contribution is 5.94. The number of rotatable bonds is 8. The summed E-state index contributed by atoms with van der Waals surface area (Å²) in [5.41, 5.74) is 1.69. The molecule has 1 aliphatic rings. The lowest BCUT2D eigenvalue weighted by atomic mass is 10.2. The summed E-state index contributed by atoms with van der Waals surface area (Å²) in [5, 5.41) is 6.19. The number of nitrogens with one attached hydrogen (secondary N) is 2. The molecule has 1 saturated heterocycles. The van der Waals surface area contributed by atoms with Crippen LogP contribution in [-0.2, 0) is 11.3 Å². The third-order valence-electron chi connectivity index (χ3n) is 4.48. The van der Waals surface area contributed by atoms with Crippen LogP contribution in [0.4, 0.5) is 5.82 Å². The van der Waals surface area contributed by atoms with Crippen LogP contribution in [0.25, 0.3) is 0 Å². The second-order valence-electron chi connectivity index (χ2n) is 6.34. The molecule has 2 N–H and O–H groups in total. The molecule has 2 aromatic rings. The molecule has 2 heterocycles. The van der Waals surface area contributed by atoms with Gasteiger partial charge >= 0.3 is 0 Å². The van der Waals surface area contributed by atoms with Gasteiger partial charge in [0.2, 0.25) is 0 Å². The van der Waals surface area contributed by atoms with E-state index < -0.39 is 0 Å². The number of carbonyl (C=O) groups excluding carboxylic acids is 1. The van der Waals surface area contributed by atoms with Crippen molar-refractivity contribution in [2.24, 2.45) is 0 Å². The summed E-state index contributed by atoms with van der Waals surface area (Å²) in [6, 6.07) is 11.5. The van der Waals surface area contributed by atoms with Crippen molar-refractivity contribution in [1.82, 2.24) is 15.2 Å². The maximum absolute atomic E-state index is 12.2. The number of nitrogens with zero attached hydrogens (tertiary/aromatic N) is 2. The van der Waals surface area contributed by atoms with E-state index in [1.807, 2.05) is 30.3 Å². The molecule has 7 nitrogen and oxygen atoms in total. The van der Waals surface area contributed by atoms with Crippen molar-refractivity contribution in [1.29, 1.82) is 0 Å². The highest BCUT2D eigenvalue weighted by Crippen LogP contribution is 2.13. The lowest BCUT2D eigenvalue weighted by Gasteiger charge is -2.26. The van der Waals surface area contributed by atoms with E-state index in [0.717, 1.165) is 50.0 Å². The predicted octanol–water partition coefficient (Wildman–Crippen LogP) is 1.76. The first-order valence-electron chi connectivity index (χ1n) is 9.16. The fraction of sp³-hybridized carbons (Fsp3) is 0.400. The second-order valence-corrected chi connectivity index (χ2v) is 6.34. The minimum absolute atomic E-state index is 0.0996. The average Bonchev–Trinajstić information content (AvgIpc) is 2.73. The highest BCUT2D eigenvalue weighted by atomic mass is 16.5. The summed E-state index contributed by atoms with van der Waals surface area (Å²) in [5.74, 6) is 1.47. The molecular formula is C20H26N4O3. The Bertz CT molecular complexity index is 713. The van der Waals surface area contributed by atoms with E-state index in [4.69, 9.17) is 9.47 Å². The number of ether oxygens (including phenoxy) is 2. The zero-order valence-electron chi connectivity index (χ0n) is 15.6. The zero-order chi connectivity index (χ0) is 18.9. The topological polar surface area (TPSA) is 75.7 Å². The van der Waals surface area contributed by atoms with Crippen molar-refractivity contribution in [3.8, 4) is 5.75 Å². The van der Waals surface area contributed by atoms with Crippen molar-refractivity contribution >= 4 is 11.7 Å². The lowest BCUT2D eigenvalue weighted by molar-refractivity contribution is 0.0383. The second kappa shape index (κ2) is 9.89. The summed E-state index contributed by atoms with van der Waals surface area (Å²) in [6.07, 6.45) is 1.60. The number of aromatic nitrogens is 1. The Labute approximate surface area is 159 Å². The number of methoxy groups -OCH3 is 1. The number of carbonyl (C=O) groups is 1. The van der Waals surface area contributed by atoms with Crippen LogP contribution < -0.4 is 15.4 Å². The number of amides is 1. The van der Waals surface area contributed by atoms with Crippen LogP contribution in [0.1, 0.15) is 15.9 Å². The minimum atomic E-state index is -0.0996. The van der Waals surface area contributed by atoms with Crippen molar-refractivity contribution in [2.75, 3.05) is 51.8 Å². The summed E-state index contributed by atoms with van der Waals surface area (Å²) in [4.78, 5) is 18.8. The third-order valence-corrected chi connectivity index (χ3v) is 4.48. The van der Waals surface area contributed by atoms with Crippen molar-refractivity contribution in [3.05, 3.63) is 53.7 Å². The number of hydrogen-bond acceptors (Lipinski definition) is 6. The molecule has 144 valence electrons. The third kappa shape index (κ3) is 5.94. The SMILES string of the molecule is COc1ccc(CNc2ccc(C(=O)NCCN3CCOCC3)cn2)cc1. The first-order chi connectivity index (χ1) is 13.2. The van der Waals surface area contributed by atoms with Crippen molar-refractivity contribution < 1.29 is 14.3 Å². The molecule has 1 amide bonds. The van der Waals surface area contributed by atoms with Gasteiger partial charge in [-0.3, -0.25) is 9.69 Å². The fourth-order valence-corrected chi connectivity index (χ4v) is 2.82. The van der Waals surface area contributed by atoms with Crippen LogP contribution in [0.2, 0.25) is 0 Å². The quantitative estimate of drug-likeness (QED) is 0.738. The fourth-order valence-electron chi connectivity index (χ4n) is 2.82. The van der Waals surface area contributed by atoms with Crippen LogP contribution in [0.15, 0.2) is 42.6 Å². The van der Waals surface area contributed by atoms with Gasteiger partial charge in [-0.15, -0.1) is 0 Å². The molecule has 1 aliphatic heterocycles. The molecule has 1 aromatic heterocycles. The maximum atomic E-state index is 12.2. The first kappa shape index (κ1) is 19.1. The Morgan fingerprint density at radius 2 is 1.96 bits per heavy atom. The van der Waals surface area contributed by atoms with Gasteiger partial charge in [0.05, 0.1) is 25.9 Å². The molecule has 0 aliphatic carbocycles. The highest BCUT2D eigenvalue weighted by Gasteiger charge is 2.11. The normalized spacial score (nSPS) is 14.6. The van der Waals surface area contributed by atoms with Gasteiger partial charge < -0.3 is 20.1 Å². The zero-order valence-corrected chi connectivity index (χ0v) is 15.6. The van der Waals surface area contributed by atoms with E-state index >= 15 is 0 Å². The molecule has 0 unspecified atom stereocenters. The van der Waals surface area contributed by atoms with Crippen LogP contribution in [0.5, 0.6) is 5.75 Å². The predicted molar refractivity (Wildman–Crippen MR) is 104 cm³/mol. The number of anilines is 1. The van der Waals surface area contributed by atoms with Crippen LogP contribution in [0, 0.1) is 0 Å². The van der Waals surface area contributed by atoms with E-state index in [-0.39, 0.29) is 5.91 Å². The standard InChI is InChI=1S/C20H26N4O3/c1-26-18-5-2-16(3-6-18)14-22-19-7-4-17(15-23-19)20(25)21-8-9-24-10-12-27-13-11-24/h2-7,15H,8-14H2,1H3,(H,21,25)(H,22,23). The molecule has 1 aromatic carbocycles. The Balaban J connectivity index is 1.42. The van der Waals surface area contributed by atoms with Gasteiger partial charge in [-0.25, -0.2) is 4.98 Å². The Kier molecular flexibility index (Phi) is 7.01. The molecule has 7 heteroatoms. The Morgan fingerprint density at radius 1 is 1.19 bits per heavy atom. The first-order valence-corrected chi connectivity index (χ1v) is 9.16. The van der Waals surface area contributed by atoms with E-state index in [1.54, 1.807) is 19.4 Å². The number of morpholine rings is 1. The van der Waals surface area contributed by atoms with Gasteiger partial charge in [0, 0.05) is 38.9 Å². The maximum Gasteiger partial charge on any atom is 0.252 e. The molecule has 0 atom stereocenters. The smallest absolute Gasteiger partial charge is 0.252 e. The molecule has 0 radical (unpaired) electrons. The van der Waals surface area contributed by atoms with Gasteiger partial charge in [-0.05, 0) is 29.8 Å². The van der Waals surface area contributed by atoms with E-state index in [1.165, 1.54) is 0 Å². The van der Waals surface area contributed by atoms with Crippen LogP contribution in [0.3, 0.4) is 0 Å². The summed E-state index contributed by atoms with van der Waals surface area (Å²) < 4.78 is 10.5. The van der Waals surface area contributed by atoms with Crippen LogP contribution >= 0.6 is 0 Å². The van der Waals surface area contributed by atoms with Gasteiger partial charge in [-0.1, -0.05) is 12.1 Å². The molecule has 1 fully saturated rings. The van der Waals surface area contributed by atoms with Crippen LogP contribution in [-0.4, -0.2) is 62.3 Å². The molecule has 0 saturated carbocycles. The summed E-state index contributed by atoms with van der Waals surface area (Å²) in [6.45, 7) is 5.49. The van der Waals surface area contributed by atoms with Gasteiger partial charge in [-0.2, -0.15) is 0 Å². The van der Waals surface area contributed by atoms with Crippen molar-refractivity contribution in [2.45, 2.75) is 6.54 Å². The average molecular weight is 370 g/mol. The summed E-state index contributed by atoms with van der Waals surface area (Å²) >= 11 is 0. The van der Waals surface area contributed by atoms with Gasteiger partial charge in [0.1, 0.15) is 11.6 Å². The summed E-state index contributed by atoms with van der Waals surface area (Å²) in [7, 11) is 1.65. The monoisotopic (exact) mass is 370 g/mol. The number of benzene rings is 1. The molecule has 0 bridgehead atoms. The van der Waals surface area contributed by atoms with Crippen molar-refractivity contribution in [3.63, 3.8) is 0 Å². The number of hydrogen-bond donors (Lipinski definition) is 2. The molecular weight excluding hydrogens is 344 g/mol. The molecule has 3 rings (SSSR count). The van der Waals surface area contributed by atoms with E-state index in [0.29, 0.717) is 18.7 Å². The van der Waals surface area contributed by atoms with Gasteiger partial charge in [0.25, 0.3) is 5.91 Å². The minimum Gasteiger partial charge on any atom is -0.497 e. The lowest BCUT2D eigenvalue weighted by Crippen LogP contribution is -2.41. The number of pyridine rings is 1. The van der Waals surface area contributed by atoms with E-state index in [2.05, 4.69) is 20.5 Å². The largest absolute Gasteiger partial charge is 0.497 e. The Morgan fingerprint density at radius 3 is 2.63 bits per heavy atom. The molecule has 0 spiro atoms. The van der Waals surface area contributed by atoms with E-state index in [9.17, 15) is 4.79 Å². The molecule has 27 heavy (non-hydrogen) atoms.